The minimum absolute atomic E-state index is 0.664. The molecule has 0 unspecified atom stereocenters. The van der Waals surface area contributed by atoms with Gasteiger partial charge in [0.05, 0.1) is 21.3 Å². The SMILES string of the molecule is Cc1ccc2c(Cl)cc(-c3ccccc3)nc2c1Cl. The lowest BCUT2D eigenvalue weighted by atomic mass is 10.1. The topological polar surface area (TPSA) is 12.9 Å². The van der Waals surface area contributed by atoms with Gasteiger partial charge in [-0.15, -0.1) is 0 Å². The van der Waals surface area contributed by atoms with Gasteiger partial charge in [0.2, 0.25) is 0 Å². The van der Waals surface area contributed by atoms with Crippen molar-refractivity contribution in [1.29, 1.82) is 0 Å². The molecule has 3 aromatic rings. The largest absolute Gasteiger partial charge is 0.246 e. The molecule has 1 nitrogen and oxygen atoms in total. The minimum atomic E-state index is 0.664. The van der Waals surface area contributed by atoms with Gasteiger partial charge in [0.1, 0.15) is 0 Å². The summed E-state index contributed by atoms with van der Waals surface area (Å²) in [5.74, 6) is 0. The predicted molar refractivity (Wildman–Crippen MR) is 81.9 cm³/mol. The zero-order chi connectivity index (χ0) is 13.4. The van der Waals surface area contributed by atoms with E-state index in [-0.39, 0.29) is 0 Å². The lowest BCUT2D eigenvalue weighted by Gasteiger charge is -2.08. The Morgan fingerprint density at radius 3 is 2.42 bits per heavy atom. The first-order valence-electron chi connectivity index (χ1n) is 5.97. The Balaban J connectivity index is 2.32. The van der Waals surface area contributed by atoms with Crippen molar-refractivity contribution in [1.82, 2.24) is 4.98 Å². The van der Waals surface area contributed by atoms with Crippen LogP contribution in [0, 0.1) is 6.92 Å². The Kier molecular flexibility index (Phi) is 3.17. The second kappa shape index (κ2) is 4.84. The van der Waals surface area contributed by atoms with Crippen molar-refractivity contribution in [2.45, 2.75) is 6.92 Å². The van der Waals surface area contributed by atoms with Crippen molar-refractivity contribution in [2.75, 3.05) is 0 Å². The van der Waals surface area contributed by atoms with Crippen molar-refractivity contribution >= 4 is 34.1 Å². The fraction of sp³-hybridized carbons (Fsp3) is 0.0625. The van der Waals surface area contributed by atoms with Gasteiger partial charge in [-0.2, -0.15) is 0 Å². The minimum Gasteiger partial charge on any atom is -0.246 e. The molecule has 0 atom stereocenters. The summed E-state index contributed by atoms with van der Waals surface area (Å²) in [5, 5.41) is 2.22. The molecule has 0 spiro atoms. The molecule has 3 rings (SSSR count). The zero-order valence-electron chi connectivity index (χ0n) is 10.3. The highest BCUT2D eigenvalue weighted by Crippen LogP contribution is 2.33. The Hall–Kier alpha value is -1.57. The molecule has 0 fully saturated rings. The number of fused-ring (bicyclic) bond motifs is 1. The number of pyridine rings is 1. The van der Waals surface area contributed by atoms with Crippen molar-refractivity contribution < 1.29 is 0 Å². The quantitative estimate of drug-likeness (QED) is 0.574. The van der Waals surface area contributed by atoms with E-state index < -0.39 is 0 Å². The van der Waals surface area contributed by atoms with Crippen LogP contribution in [0.3, 0.4) is 0 Å². The van der Waals surface area contributed by atoms with E-state index in [4.69, 9.17) is 23.2 Å². The third kappa shape index (κ3) is 2.20. The van der Waals surface area contributed by atoms with Gasteiger partial charge in [-0.3, -0.25) is 0 Å². The number of halogens is 2. The monoisotopic (exact) mass is 287 g/mol. The van der Waals surface area contributed by atoms with E-state index in [1.54, 1.807) is 0 Å². The molecule has 1 heterocycles. The van der Waals surface area contributed by atoms with E-state index in [9.17, 15) is 0 Å². The number of hydrogen-bond donors (Lipinski definition) is 0. The normalized spacial score (nSPS) is 10.9. The van der Waals surface area contributed by atoms with Gasteiger partial charge >= 0.3 is 0 Å². The Labute approximate surface area is 121 Å². The second-order valence-corrected chi connectivity index (χ2v) is 5.23. The van der Waals surface area contributed by atoms with E-state index in [2.05, 4.69) is 4.98 Å². The first-order chi connectivity index (χ1) is 9.16. The molecule has 0 saturated carbocycles. The fourth-order valence-corrected chi connectivity index (χ4v) is 2.54. The number of aromatic nitrogens is 1. The maximum Gasteiger partial charge on any atom is 0.0913 e. The second-order valence-electron chi connectivity index (χ2n) is 4.45. The van der Waals surface area contributed by atoms with Crippen LogP contribution in [0.1, 0.15) is 5.56 Å². The van der Waals surface area contributed by atoms with Crippen LogP contribution in [0.15, 0.2) is 48.5 Å². The van der Waals surface area contributed by atoms with Crippen molar-refractivity contribution in [3.05, 3.63) is 64.1 Å². The third-order valence-electron chi connectivity index (χ3n) is 3.13. The summed E-state index contributed by atoms with van der Waals surface area (Å²) in [6, 6.07) is 15.7. The Bertz CT molecular complexity index is 752. The number of hydrogen-bond acceptors (Lipinski definition) is 1. The highest BCUT2D eigenvalue weighted by Gasteiger charge is 2.10. The number of benzene rings is 2. The van der Waals surface area contributed by atoms with Crippen LogP contribution in [0.25, 0.3) is 22.2 Å². The van der Waals surface area contributed by atoms with E-state index in [1.807, 2.05) is 55.5 Å². The highest BCUT2D eigenvalue weighted by molar-refractivity contribution is 6.39. The Morgan fingerprint density at radius 1 is 0.947 bits per heavy atom. The van der Waals surface area contributed by atoms with Crippen LogP contribution in [-0.4, -0.2) is 4.98 Å². The molecule has 19 heavy (non-hydrogen) atoms. The van der Waals surface area contributed by atoms with E-state index in [0.717, 1.165) is 27.7 Å². The molecule has 3 heteroatoms. The molecule has 0 saturated heterocycles. The van der Waals surface area contributed by atoms with Gasteiger partial charge in [0.25, 0.3) is 0 Å². The van der Waals surface area contributed by atoms with Crippen LogP contribution in [-0.2, 0) is 0 Å². The first-order valence-corrected chi connectivity index (χ1v) is 6.73. The maximum absolute atomic E-state index is 6.34. The van der Waals surface area contributed by atoms with Gasteiger partial charge in [0.15, 0.2) is 0 Å². The molecule has 2 aromatic carbocycles. The zero-order valence-corrected chi connectivity index (χ0v) is 11.8. The van der Waals surface area contributed by atoms with E-state index in [0.29, 0.717) is 10.0 Å². The molecule has 0 N–H and O–H groups in total. The fourth-order valence-electron chi connectivity index (χ4n) is 2.07. The molecule has 0 bridgehead atoms. The van der Waals surface area contributed by atoms with Crippen LogP contribution < -0.4 is 0 Å². The molecule has 0 aliphatic carbocycles. The van der Waals surface area contributed by atoms with Crippen molar-refractivity contribution in [3.63, 3.8) is 0 Å². The highest BCUT2D eigenvalue weighted by atomic mass is 35.5. The van der Waals surface area contributed by atoms with Gasteiger partial charge in [0, 0.05) is 10.9 Å². The van der Waals surface area contributed by atoms with E-state index >= 15 is 0 Å². The number of nitrogens with zero attached hydrogens (tertiary/aromatic N) is 1. The molecule has 0 aliphatic rings. The van der Waals surface area contributed by atoms with Crippen LogP contribution in [0.2, 0.25) is 10.0 Å². The van der Waals surface area contributed by atoms with Gasteiger partial charge in [-0.1, -0.05) is 65.7 Å². The summed E-state index contributed by atoms with van der Waals surface area (Å²) >= 11 is 12.7. The molecular weight excluding hydrogens is 277 g/mol. The van der Waals surface area contributed by atoms with Gasteiger partial charge in [-0.05, 0) is 18.6 Å². The van der Waals surface area contributed by atoms with Gasteiger partial charge < -0.3 is 0 Å². The first kappa shape index (κ1) is 12.5. The van der Waals surface area contributed by atoms with E-state index in [1.165, 1.54) is 0 Å². The number of rotatable bonds is 1. The standard InChI is InChI=1S/C16H11Cl2N/c1-10-7-8-12-13(17)9-14(19-16(12)15(10)18)11-5-3-2-4-6-11/h2-9H,1H3. The molecule has 0 radical (unpaired) electrons. The van der Waals surface area contributed by atoms with Crippen molar-refractivity contribution in [2.24, 2.45) is 0 Å². The maximum atomic E-state index is 6.34. The van der Waals surface area contributed by atoms with Gasteiger partial charge in [-0.25, -0.2) is 4.98 Å². The summed E-state index contributed by atoms with van der Waals surface area (Å²) in [6.45, 7) is 1.96. The average molecular weight is 288 g/mol. The summed E-state index contributed by atoms with van der Waals surface area (Å²) in [5.41, 5.74) is 3.63. The van der Waals surface area contributed by atoms with Crippen LogP contribution in [0.5, 0.6) is 0 Å². The molecule has 0 amide bonds. The Morgan fingerprint density at radius 2 is 1.68 bits per heavy atom. The predicted octanol–water partition coefficient (Wildman–Crippen LogP) is 5.52. The van der Waals surface area contributed by atoms with Crippen molar-refractivity contribution in [3.8, 4) is 11.3 Å². The molecular formula is C16H11Cl2N. The summed E-state index contributed by atoms with van der Waals surface area (Å²) in [6.07, 6.45) is 0. The third-order valence-corrected chi connectivity index (χ3v) is 3.92. The molecule has 94 valence electrons. The lowest BCUT2D eigenvalue weighted by Crippen LogP contribution is -1.89. The van der Waals surface area contributed by atoms with Crippen LogP contribution >= 0.6 is 23.2 Å². The summed E-state index contributed by atoms with van der Waals surface area (Å²) < 4.78 is 0. The summed E-state index contributed by atoms with van der Waals surface area (Å²) in [4.78, 5) is 4.65. The molecule has 1 aromatic heterocycles. The van der Waals surface area contributed by atoms with Crippen LogP contribution in [0.4, 0.5) is 0 Å². The lowest BCUT2D eigenvalue weighted by molar-refractivity contribution is 1.38. The number of aryl methyl sites for hydroxylation is 1. The summed E-state index contributed by atoms with van der Waals surface area (Å²) in [7, 11) is 0. The smallest absolute Gasteiger partial charge is 0.0913 e. The average Bonchev–Trinajstić information content (AvgIpc) is 2.44. The molecule has 0 aliphatic heterocycles.